The molecule has 0 aliphatic heterocycles. The van der Waals surface area contributed by atoms with E-state index in [-0.39, 0.29) is 12.5 Å². The predicted molar refractivity (Wildman–Crippen MR) is 60.9 cm³/mol. The Kier molecular flexibility index (Phi) is 3.97. The van der Waals surface area contributed by atoms with E-state index in [1.165, 1.54) is 5.56 Å². The smallest absolute Gasteiger partial charge is 0.0502 e. The van der Waals surface area contributed by atoms with Crippen LogP contribution in [-0.4, -0.2) is 11.7 Å². The van der Waals surface area contributed by atoms with Gasteiger partial charge in [0.15, 0.2) is 0 Å². The molecule has 1 N–H and O–H groups in total. The number of aryl methyl sites for hydroxylation is 1. The van der Waals surface area contributed by atoms with Crippen molar-refractivity contribution in [2.45, 2.75) is 26.7 Å². The summed E-state index contributed by atoms with van der Waals surface area (Å²) in [7, 11) is 0. The van der Waals surface area contributed by atoms with E-state index in [1.807, 2.05) is 19.1 Å². The Morgan fingerprint density at radius 2 is 2.00 bits per heavy atom. The van der Waals surface area contributed by atoms with Crippen LogP contribution in [0.25, 0.3) is 0 Å². The quantitative estimate of drug-likeness (QED) is 0.815. The Bertz CT molecular complexity index is 307. The van der Waals surface area contributed by atoms with Gasteiger partial charge in [-0.05, 0) is 30.0 Å². The van der Waals surface area contributed by atoms with Crippen LogP contribution in [0.3, 0.4) is 0 Å². The van der Waals surface area contributed by atoms with E-state index in [1.54, 1.807) is 0 Å². The summed E-state index contributed by atoms with van der Waals surface area (Å²) in [6.45, 7) is 6.41. The van der Waals surface area contributed by atoms with Gasteiger partial charge in [0, 0.05) is 10.9 Å². The molecule has 0 heterocycles. The van der Waals surface area contributed by atoms with Crippen LogP contribution in [0.2, 0.25) is 5.02 Å². The fraction of sp³-hybridized carbons (Fsp3) is 0.500. The zero-order valence-corrected chi connectivity index (χ0v) is 9.67. The third-order valence-electron chi connectivity index (χ3n) is 2.61. The maximum Gasteiger partial charge on any atom is 0.0502 e. The molecule has 2 heteroatoms. The lowest BCUT2D eigenvalue weighted by Gasteiger charge is -2.19. The standard InChI is InChI=1S/C12H17ClO/c1-8(2)11(7-14)10-4-5-12(13)9(3)6-10/h4-6,8,11,14H,7H2,1-3H3/t11-/m0/s1. The van der Waals surface area contributed by atoms with E-state index in [0.717, 1.165) is 10.6 Å². The summed E-state index contributed by atoms with van der Waals surface area (Å²) in [5.74, 6) is 0.659. The molecule has 0 aliphatic rings. The van der Waals surface area contributed by atoms with Gasteiger partial charge in [0.2, 0.25) is 0 Å². The van der Waals surface area contributed by atoms with Crippen molar-refractivity contribution in [3.63, 3.8) is 0 Å². The molecule has 1 nitrogen and oxygen atoms in total. The maximum atomic E-state index is 9.28. The molecule has 0 bridgehead atoms. The van der Waals surface area contributed by atoms with Gasteiger partial charge < -0.3 is 5.11 Å². The molecule has 0 unspecified atom stereocenters. The highest BCUT2D eigenvalue weighted by Crippen LogP contribution is 2.26. The van der Waals surface area contributed by atoms with E-state index in [0.29, 0.717) is 5.92 Å². The average molecular weight is 213 g/mol. The van der Waals surface area contributed by atoms with E-state index in [2.05, 4.69) is 19.9 Å². The lowest BCUT2D eigenvalue weighted by Crippen LogP contribution is -2.11. The highest BCUT2D eigenvalue weighted by Gasteiger charge is 2.14. The van der Waals surface area contributed by atoms with Crippen molar-refractivity contribution in [2.75, 3.05) is 6.61 Å². The number of aliphatic hydroxyl groups is 1. The Morgan fingerprint density at radius 3 is 2.43 bits per heavy atom. The van der Waals surface area contributed by atoms with Crippen LogP contribution in [0.15, 0.2) is 18.2 Å². The first-order valence-corrected chi connectivity index (χ1v) is 5.31. The van der Waals surface area contributed by atoms with E-state index in [9.17, 15) is 5.11 Å². The number of hydrogen-bond donors (Lipinski definition) is 1. The van der Waals surface area contributed by atoms with Crippen molar-refractivity contribution in [3.05, 3.63) is 34.3 Å². The Labute approximate surface area is 90.7 Å². The second-order valence-electron chi connectivity index (χ2n) is 4.04. The Morgan fingerprint density at radius 1 is 1.36 bits per heavy atom. The molecule has 78 valence electrons. The molecule has 0 amide bonds. The highest BCUT2D eigenvalue weighted by molar-refractivity contribution is 6.31. The third-order valence-corrected chi connectivity index (χ3v) is 3.04. The first kappa shape index (κ1) is 11.5. The van der Waals surface area contributed by atoms with Crippen molar-refractivity contribution in [1.29, 1.82) is 0 Å². The monoisotopic (exact) mass is 212 g/mol. The molecule has 14 heavy (non-hydrogen) atoms. The highest BCUT2D eigenvalue weighted by atomic mass is 35.5. The van der Waals surface area contributed by atoms with Crippen molar-refractivity contribution < 1.29 is 5.11 Å². The lowest BCUT2D eigenvalue weighted by molar-refractivity contribution is 0.237. The Balaban J connectivity index is 3.00. The van der Waals surface area contributed by atoms with Gasteiger partial charge in [0.25, 0.3) is 0 Å². The van der Waals surface area contributed by atoms with Gasteiger partial charge in [-0.3, -0.25) is 0 Å². The van der Waals surface area contributed by atoms with Crippen LogP contribution < -0.4 is 0 Å². The van der Waals surface area contributed by atoms with E-state index >= 15 is 0 Å². The fourth-order valence-electron chi connectivity index (χ4n) is 1.60. The van der Waals surface area contributed by atoms with Gasteiger partial charge in [0.1, 0.15) is 0 Å². The molecule has 1 rings (SSSR count). The summed E-state index contributed by atoms with van der Waals surface area (Å²) < 4.78 is 0. The Hall–Kier alpha value is -0.530. The molecule has 1 atom stereocenters. The van der Waals surface area contributed by atoms with Crippen LogP contribution in [-0.2, 0) is 0 Å². The van der Waals surface area contributed by atoms with Gasteiger partial charge in [-0.15, -0.1) is 0 Å². The van der Waals surface area contributed by atoms with Crippen LogP contribution >= 0.6 is 11.6 Å². The zero-order valence-electron chi connectivity index (χ0n) is 8.92. The SMILES string of the molecule is Cc1cc([C@@H](CO)C(C)C)ccc1Cl. The van der Waals surface area contributed by atoms with Gasteiger partial charge in [0.05, 0.1) is 6.61 Å². The predicted octanol–water partition coefficient (Wildman–Crippen LogP) is 3.38. The summed E-state index contributed by atoms with van der Waals surface area (Å²) in [5.41, 5.74) is 2.24. The topological polar surface area (TPSA) is 20.2 Å². The van der Waals surface area contributed by atoms with E-state index in [4.69, 9.17) is 11.6 Å². The van der Waals surface area contributed by atoms with Crippen LogP contribution in [0.4, 0.5) is 0 Å². The molecule has 0 aromatic heterocycles. The number of aliphatic hydroxyl groups excluding tert-OH is 1. The first-order chi connectivity index (χ1) is 6.56. The van der Waals surface area contributed by atoms with E-state index < -0.39 is 0 Å². The van der Waals surface area contributed by atoms with Gasteiger partial charge in [-0.25, -0.2) is 0 Å². The van der Waals surface area contributed by atoms with Crippen molar-refractivity contribution in [1.82, 2.24) is 0 Å². The molecular weight excluding hydrogens is 196 g/mol. The molecule has 1 aromatic carbocycles. The molecule has 0 aliphatic carbocycles. The molecule has 0 saturated heterocycles. The van der Waals surface area contributed by atoms with Gasteiger partial charge in [-0.1, -0.05) is 37.6 Å². The maximum absolute atomic E-state index is 9.28. The van der Waals surface area contributed by atoms with Crippen LogP contribution in [0.1, 0.15) is 30.9 Å². The first-order valence-electron chi connectivity index (χ1n) is 4.93. The third kappa shape index (κ3) is 2.49. The second kappa shape index (κ2) is 4.81. The average Bonchev–Trinajstić information content (AvgIpc) is 2.11. The minimum Gasteiger partial charge on any atom is -0.396 e. The lowest BCUT2D eigenvalue weighted by atomic mass is 9.88. The number of benzene rings is 1. The number of rotatable bonds is 3. The molecule has 0 radical (unpaired) electrons. The molecular formula is C12H17ClO. The molecule has 0 spiro atoms. The summed E-state index contributed by atoms with van der Waals surface area (Å²) in [6.07, 6.45) is 0. The van der Waals surface area contributed by atoms with Crippen LogP contribution in [0, 0.1) is 12.8 Å². The van der Waals surface area contributed by atoms with Crippen molar-refractivity contribution >= 4 is 11.6 Å². The summed E-state index contributed by atoms with van der Waals surface area (Å²) in [5, 5.41) is 10.1. The van der Waals surface area contributed by atoms with Gasteiger partial charge in [-0.2, -0.15) is 0 Å². The summed E-state index contributed by atoms with van der Waals surface area (Å²) in [6, 6.07) is 5.96. The van der Waals surface area contributed by atoms with Crippen LogP contribution in [0.5, 0.6) is 0 Å². The van der Waals surface area contributed by atoms with Crippen molar-refractivity contribution in [3.8, 4) is 0 Å². The summed E-state index contributed by atoms with van der Waals surface area (Å²) >= 11 is 5.95. The molecule has 0 saturated carbocycles. The fourth-order valence-corrected chi connectivity index (χ4v) is 1.72. The minimum atomic E-state index is 0.193. The molecule has 1 aromatic rings. The number of hydrogen-bond acceptors (Lipinski definition) is 1. The van der Waals surface area contributed by atoms with Crippen molar-refractivity contribution in [2.24, 2.45) is 5.92 Å². The summed E-state index contributed by atoms with van der Waals surface area (Å²) in [4.78, 5) is 0. The minimum absolute atomic E-state index is 0.193. The zero-order chi connectivity index (χ0) is 10.7. The number of halogens is 1. The van der Waals surface area contributed by atoms with Gasteiger partial charge >= 0.3 is 0 Å². The normalized spacial score (nSPS) is 13.3. The molecule has 0 fully saturated rings. The largest absolute Gasteiger partial charge is 0.396 e. The second-order valence-corrected chi connectivity index (χ2v) is 4.45.